The third kappa shape index (κ3) is 3.76. The summed E-state index contributed by atoms with van der Waals surface area (Å²) in [7, 11) is 0. The predicted molar refractivity (Wildman–Crippen MR) is 85.5 cm³/mol. The third-order valence-corrected chi connectivity index (χ3v) is 3.40. The molecule has 0 amide bonds. The van der Waals surface area contributed by atoms with Crippen molar-refractivity contribution < 1.29 is 4.74 Å². The molecule has 0 spiro atoms. The first-order valence-electron chi connectivity index (χ1n) is 7.01. The molecule has 0 saturated carbocycles. The molecule has 108 valence electrons. The van der Waals surface area contributed by atoms with Crippen molar-refractivity contribution in [1.82, 2.24) is 0 Å². The Kier molecular flexibility index (Phi) is 4.84. The van der Waals surface area contributed by atoms with E-state index >= 15 is 0 Å². The van der Waals surface area contributed by atoms with Crippen LogP contribution in [0, 0.1) is 32.1 Å². The maximum Gasteiger partial charge on any atom is 0.174 e. The Bertz CT molecular complexity index is 648. The number of ether oxygens (including phenoxy) is 1. The Hall–Kier alpha value is -2.47. The van der Waals surface area contributed by atoms with Gasteiger partial charge in [-0.25, -0.2) is 0 Å². The molecule has 3 heteroatoms. The molecular formula is C18H20N2O. The first-order valence-corrected chi connectivity index (χ1v) is 7.01. The first kappa shape index (κ1) is 14.9. The highest BCUT2D eigenvalue weighted by molar-refractivity contribution is 5.58. The van der Waals surface area contributed by atoms with Crippen LogP contribution in [0.5, 0.6) is 5.75 Å². The normalized spacial score (nSPS) is 10.0. The Morgan fingerprint density at radius 3 is 2.43 bits per heavy atom. The molecule has 0 aliphatic heterocycles. The average molecular weight is 280 g/mol. The lowest BCUT2D eigenvalue weighted by atomic mass is 10.0. The molecule has 21 heavy (non-hydrogen) atoms. The third-order valence-electron chi connectivity index (χ3n) is 3.40. The summed E-state index contributed by atoms with van der Waals surface area (Å²) in [4.78, 5) is 0. The average Bonchev–Trinajstić information content (AvgIpc) is 2.45. The van der Waals surface area contributed by atoms with Crippen molar-refractivity contribution in [1.29, 1.82) is 5.26 Å². The van der Waals surface area contributed by atoms with Gasteiger partial charge in [-0.15, -0.1) is 0 Å². The second kappa shape index (κ2) is 6.81. The number of para-hydroxylation sites is 1. The largest absolute Gasteiger partial charge is 0.478 e. The molecule has 0 bridgehead atoms. The molecule has 2 aromatic carbocycles. The number of nitriles is 1. The molecule has 1 N–H and O–H groups in total. The number of aryl methyl sites for hydroxylation is 3. The highest BCUT2D eigenvalue weighted by Gasteiger charge is 2.06. The van der Waals surface area contributed by atoms with Gasteiger partial charge in [0.25, 0.3) is 0 Å². The van der Waals surface area contributed by atoms with E-state index in [9.17, 15) is 0 Å². The fraction of sp³-hybridized carbons (Fsp3) is 0.278. The van der Waals surface area contributed by atoms with E-state index in [-0.39, 0.29) is 6.61 Å². The van der Waals surface area contributed by atoms with Gasteiger partial charge in [0.15, 0.2) is 6.61 Å². The van der Waals surface area contributed by atoms with E-state index in [0.29, 0.717) is 6.54 Å². The molecule has 0 aliphatic carbocycles. The second-order valence-electron chi connectivity index (χ2n) is 5.18. The summed E-state index contributed by atoms with van der Waals surface area (Å²) in [6.07, 6.45) is 0. The van der Waals surface area contributed by atoms with E-state index in [2.05, 4.69) is 38.2 Å². The highest BCUT2D eigenvalue weighted by Crippen LogP contribution is 2.24. The van der Waals surface area contributed by atoms with E-state index in [1.807, 2.05) is 30.3 Å². The SMILES string of the molecule is Cc1cc(C)c(NCc2ccccc2OCC#N)c(C)c1. The van der Waals surface area contributed by atoms with Gasteiger partial charge in [-0.05, 0) is 38.0 Å². The number of hydrogen-bond donors (Lipinski definition) is 1. The maximum absolute atomic E-state index is 8.63. The van der Waals surface area contributed by atoms with Gasteiger partial charge >= 0.3 is 0 Å². The van der Waals surface area contributed by atoms with Crippen molar-refractivity contribution in [2.45, 2.75) is 27.3 Å². The second-order valence-corrected chi connectivity index (χ2v) is 5.18. The van der Waals surface area contributed by atoms with E-state index in [1.54, 1.807) is 0 Å². The van der Waals surface area contributed by atoms with E-state index < -0.39 is 0 Å². The van der Waals surface area contributed by atoms with Crippen LogP contribution in [0.1, 0.15) is 22.3 Å². The van der Waals surface area contributed by atoms with Crippen molar-refractivity contribution in [2.24, 2.45) is 0 Å². The fourth-order valence-electron chi connectivity index (χ4n) is 2.54. The van der Waals surface area contributed by atoms with Gasteiger partial charge in [0.05, 0.1) is 0 Å². The molecule has 2 aromatic rings. The van der Waals surface area contributed by atoms with Crippen LogP contribution in [0.25, 0.3) is 0 Å². The molecule has 0 saturated heterocycles. The standard InChI is InChI=1S/C18H20N2O/c1-13-10-14(2)18(15(3)11-13)20-12-16-6-4-5-7-17(16)21-9-8-19/h4-7,10-11,20H,9,12H2,1-3H3. The molecule has 3 nitrogen and oxygen atoms in total. The van der Waals surface area contributed by atoms with Crippen molar-refractivity contribution in [3.8, 4) is 11.8 Å². The van der Waals surface area contributed by atoms with Gasteiger partial charge in [-0.2, -0.15) is 5.26 Å². The lowest BCUT2D eigenvalue weighted by molar-refractivity contribution is 0.364. The summed E-state index contributed by atoms with van der Waals surface area (Å²) >= 11 is 0. The molecule has 0 heterocycles. The van der Waals surface area contributed by atoms with Crippen LogP contribution in [0.2, 0.25) is 0 Å². The monoisotopic (exact) mass is 280 g/mol. The van der Waals surface area contributed by atoms with Crippen molar-refractivity contribution in [3.63, 3.8) is 0 Å². The molecule has 0 aliphatic rings. The zero-order valence-corrected chi connectivity index (χ0v) is 12.7. The van der Waals surface area contributed by atoms with Crippen LogP contribution in [-0.2, 0) is 6.54 Å². The quantitative estimate of drug-likeness (QED) is 0.895. The Labute approximate surface area is 126 Å². The Morgan fingerprint density at radius 1 is 1.10 bits per heavy atom. The fourth-order valence-corrected chi connectivity index (χ4v) is 2.54. The Morgan fingerprint density at radius 2 is 1.76 bits per heavy atom. The highest BCUT2D eigenvalue weighted by atomic mass is 16.5. The smallest absolute Gasteiger partial charge is 0.174 e. The number of benzene rings is 2. The summed E-state index contributed by atoms with van der Waals surface area (Å²) in [5.74, 6) is 0.758. The summed E-state index contributed by atoms with van der Waals surface area (Å²) in [5, 5.41) is 12.1. The van der Waals surface area contributed by atoms with Crippen LogP contribution in [0.3, 0.4) is 0 Å². The molecular weight excluding hydrogens is 260 g/mol. The van der Waals surface area contributed by atoms with Gasteiger partial charge in [0, 0.05) is 17.8 Å². The number of rotatable bonds is 5. The zero-order valence-electron chi connectivity index (χ0n) is 12.7. The number of nitrogens with one attached hydrogen (secondary N) is 1. The van der Waals surface area contributed by atoms with Gasteiger partial charge in [0.1, 0.15) is 11.8 Å². The topological polar surface area (TPSA) is 45.0 Å². The number of nitrogens with zero attached hydrogens (tertiary/aromatic N) is 1. The molecule has 0 atom stereocenters. The van der Waals surface area contributed by atoms with Gasteiger partial charge in [-0.1, -0.05) is 35.9 Å². The Balaban J connectivity index is 2.16. The maximum atomic E-state index is 8.63. The summed E-state index contributed by atoms with van der Waals surface area (Å²) in [6, 6.07) is 14.1. The molecule has 0 aromatic heterocycles. The van der Waals surface area contributed by atoms with Crippen LogP contribution in [0.15, 0.2) is 36.4 Å². The minimum absolute atomic E-state index is 0.0690. The minimum atomic E-state index is 0.0690. The van der Waals surface area contributed by atoms with Crippen LogP contribution < -0.4 is 10.1 Å². The summed E-state index contributed by atoms with van der Waals surface area (Å²) in [5.41, 5.74) is 5.96. The van der Waals surface area contributed by atoms with Crippen molar-refractivity contribution in [3.05, 3.63) is 58.7 Å². The zero-order chi connectivity index (χ0) is 15.2. The van der Waals surface area contributed by atoms with E-state index in [0.717, 1.165) is 17.0 Å². The van der Waals surface area contributed by atoms with Crippen LogP contribution in [-0.4, -0.2) is 6.61 Å². The minimum Gasteiger partial charge on any atom is -0.478 e. The molecule has 0 unspecified atom stereocenters. The van der Waals surface area contributed by atoms with E-state index in [4.69, 9.17) is 10.00 Å². The molecule has 0 radical (unpaired) electrons. The van der Waals surface area contributed by atoms with Crippen LogP contribution in [0.4, 0.5) is 5.69 Å². The lowest BCUT2D eigenvalue weighted by Gasteiger charge is -2.15. The predicted octanol–water partition coefficient (Wildman–Crippen LogP) is 4.13. The first-order chi connectivity index (χ1) is 10.1. The summed E-state index contributed by atoms with van der Waals surface area (Å²) < 4.78 is 5.45. The number of anilines is 1. The number of hydrogen-bond acceptors (Lipinski definition) is 3. The molecule has 2 rings (SSSR count). The van der Waals surface area contributed by atoms with Gasteiger partial charge in [-0.3, -0.25) is 0 Å². The van der Waals surface area contributed by atoms with Crippen LogP contribution >= 0.6 is 0 Å². The van der Waals surface area contributed by atoms with Gasteiger partial charge < -0.3 is 10.1 Å². The summed E-state index contributed by atoms with van der Waals surface area (Å²) in [6.45, 7) is 7.07. The lowest BCUT2D eigenvalue weighted by Crippen LogP contribution is -2.06. The van der Waals surface area contributed by atoms with Crippen molar-refractivity contribution in [2.75, 3.05) is 11.9 Å². The van der Waals surface area contributed by atoms with Gasteiger partial charge in [0.2, 0.25) is 0 Å². The molecule has 0 fully saturated rings. The van der Waals surface area contributed by atoms with Crippen molar-refractivity contribution >= 4 is 5.69 Å². The van der Waals surface area contributed by atoms with E-state index in [1.165, 1.54) is 16.7 Å².